The first kappa shape index (κ1) is 13.3. The van der Waals surface area contributed by atoms with Gasteiger partial charge >= 0.3 is 6.18 Å². The van der Waals surface area contributed by atoms with Crippen molar-refractivity contribution in [2.45, 2.75) is 6.18 Å². The number of halogens is 4. The monoisotopic (exact) mass is 256 g/mol. The normalized spacial score (nSPS) is 21.4. The van der Waals surface area contributed by atoms with Crippen LogP contribution < -0.4 is 5.32 Å². The first-order chi connectivity index (χ1) is 7.45. The molecule has 0 saturated carbocycles. The van der Waals surface area contributed by atoms with Crippen LogP contribution in [-0.2, 0) is 4.74 Å². The van der Waals surface area contributed by atoms with Gasteiger partial charge in [0.1, 0.15) is 6.61 Å². The van der Waals surface area contributed by atoms with Crippen LogP contribution in [0.2, 0.25) is 0 Å². The van der Waals surface area contributed by atoms with Crippen molar-refractivity contribution in [3.05, 3.63) is 11.1 Å². The van der Waals surface area contributed by atoms with Crippen LogP contribution in [0.25, 0.3) is 0 Å². The third kappa shape index (κ3) is 3.68. The number of hydrogen-bond acceptors (Lipinski definition) is 3. The fourth-order valence-electron chi connectivity index (χ4n) is 1.12. The molecular formula is C9H12ClF3N2O. The molecule has 0 aromatic carbocycles. The van der Waals surface area contributed by atoms with Gasteiger partial charge in [0, 0.05) is 6.54 Å². The summed E-state index contributed by atoms with van der Waals surface area (Å²) in [6, 6.07) is 0. The lowest BCUT2D eigenvalue weighted by Gasteiger charge is -2.20. The topological polar surface area (TPSA) is 33.6 Å². The van der Waals surface area contributed by atoms with Crippen molar-refractivity contribution in [2.24, 2.45) is 10.9 Å². The molecule has 1 unspecified atom stereocenters. The summed E-state index contributed by atoms with van der Waals surface area (Å²) < 4.78 is 42.1. The zero-order valence-electron chi connectivity index (χ0n) is 8.64. The fourth-order valence-corrected chi connectivity index (χ4v) is 1.39. The summed E-state index contributed by atoms with van der Waals surface area (Å²) >= 11 is 5.65. The predicted octanol–water partition coefficient (Wildman–Crippen LogP) is 1.94. The Morgan fingerprint density at radius 1 is 1.62 bits per heavy atom. The summed E-state index contributed by atoms with van der Waals surface area (Å²) in [5.41, 5.74) is 0. The molecule has 1 heterocycles. The molecule has 1 atom stereocenters. The summed E-state index contributed by atoms with van der Waals surface area (Å²) in [6.07, 6.45) is -3.37. The lowest BCUT2D eigenvalue weighted by molar-refractivity contribution is -0.158. The highest BCUT2D eigenvalue weighted by atomic mass is 35.5. The van der Waals surface area contributed by atoms with Crippen molar-refractivity contribution < 1.29 is 17.9 Å². The Morgan fingerprint density at radius 3 is 2.81 bits per heavy atom. The molecule has 1 rings (SSSR count). The lowest BCUT2D eigenvalue weighted by Crippen LogP contribution is -2.28. The quantitative estimate of drug-likeness (QED) is 0.783. The van der Waals surface area contributed by atoms with Crippen LogP contribution in [0.4, 0.5) is 13.2 Å². The molecule has 0 spiro atoms. The molecule has 0 fully saturated rings. The fraction of sp³-hybridized carbons (Fsp3) is 0.667. The number of hydrogen-bond donors (Lipinski definition) is 1. The predicted molar refractivity (Wildman–Crippen MR) is 55.7 cm³/mol. The van der Waals surface area contributed by atoms with E-state index in [0.717, 1.165) is 6.08 Å². The smallest absolute Gasteiger partial charge is 0.396 e. The van der Waals surface area contributed by atoms with E-state index in [0.29, 0.717) is 13.2 Å². The summed E-state index contributed by atoms with van der Waals surface area (Å²) in [5, 5.41) is 2.75. The van der Waals surface area contributed by atoms with E-state index in [4.69, 9.17) is 16.3 Å². The van der Waals surface area contributed by atoms with E-state index in [9.17, 15) is 13.2 Å². The van der Waals surface area contributed by atoms with Gasteiger partial charge in [-0.15, -0.1) is 0 Å². The number of nitrogens with one attached hydrogen (secondary N) is 1. The zero-order chi connectivity index (χ0) is 12.2. The maximum atomic E-state index is 12.3. The molecule has 1 aliphatic rings. The molecule has 1 N–H and O–H groups in total. The number of rotatable bonds is 3. The number of alkyl halides is 3. The molecule has 0 amide bonds. The second kappa shape index (κ2) is 5.54. The van der Waals surface area contributed by atoms with Crippen molar-refractivity contribution in [3.63, 3.8) is 0 Å². The Labute approximate surface area is 96.3 Å². The van der Waals surface area contributed by atoms with E-state index in [2.05, 4.69) is 10.3 Å². The van der Waals surface area contributed by atoms with Crippen LogP contribution in [0.5, 0.6) is 0 Å². The average molecular weight is 257 g/mol. The molecule has 1 aliphatic heterocycles. The van der Waals surface area contributed by atoms with Crippen molar-refractivity contribution in [1.82, 2.24) is 5.32 Å². The Bertz CT molecular complexity index is 302. The van der Waals surface area contributed by atoms with E-state index in [1.807, 2.05) is 0 Å². The third-order valence-electron chi connectivity index (χ3n) is 1.99. The Hall–Kier alpha value is -0.750. The highest BCUT2D eigenvalue weighted by molar-refractivity contribution is 6.42. The van der Waals surface area contributed by atoms with Crippen LogP contribution in [0.15, 0.2) is 16.1 Å². The van der Waals surface area contributed by atoms with Gasteiger partial charge in [0.05, 0.1) is 17.5 Å². The molecule has 0 aliphatic carbocycles. The van der Waals surface area contributed by atoms with Gasteiger partial charge in [-0.25, -0.2) is 4.99 Å². The largest absolute Gasteiger partial charge is 0.476 e. The van der Waals surface area contributed by atoms with Gasteiger partial charge in [-0.1, -0.05) is 11.6 Å². The van der Waals surface area contributed by atoms with Crippen molar-refractivity contribution in [3.8, 4) is 0 Å². The van der Waals surface area contributed by atoms with Crippen LogP contribution in [0.1, 0.15) is 0 Å². The van der Waals surface area contributed by atoms with Crippen molar-refractivity contribution >= 4 is 17.5 Å². The zero-order valence-corrected chi connectivity index (χ0v) is 9.40. The maximum absolute atomic E-state index is 12.3. The van der Waals surface area contributed by atoms with Crippen LogP contribution in [0, 0.1) is 5.92 Å². The average Bonchev–Trinajstić information content (AvgIpc) is 2.19. The van der Waals surface area contributed by atoms with E-state index in [-0.39, 0.29) is 17.5 Å². The SMILES string of the molecule is CNCCOC1=NCC(C(F)(F)F)C=C1Cl. The molecular weight excluding hydrogens is 245 g/mol. The minimum Gasteiger partial charge on any atom is -0.476 e. The molecule has 0 aromatic rings. The van der Waals surface area contributed by atoms with Gasteiger partial charge in [0.25, 0.3) is 0 Å². The summed E-state index contributed by atoms with van der Waals surface area (Å²) in [5.74, 6) is -1.53. The number of ether oxygens (including phenoxy) is 1. The highest BCUT2D eigenvalue weighted by Crippen LogP contribution is 2.31. The van der Waals surface area contributed by atoms with Crippen LogP contribution >= 0.6 is 11.6 Å². The maximum Gasteiger partial charge on any atom is 0.396 e. The Morgan fingerprint density at radius 2 is 2.31 bits per heavy atom. The first-order valence-corrected chi connectivity index (χ1v) is 5.09. The highest BCUT2D eigenvalue weighted by Gasteiger charge is 2.40. The number of likely N-dealkylation sites (N-methyl/N-ethyl adjacent to an activating group) is 1. The van der Waals surface area contributed by atoms with Gasteiger partial charge < -0.3 is 10.1 Å². The number of dihydropyridines is 1. The van der Waals surface area contributed by atoms with Gasteiger partial charge in [-0.05, 0) is 13.1 Å². The minimum atomic E-state index is -4.31. The van der Waals surface area contributed by atoms with E-state index >= 15 is 0 Å². The van der Waals surface area contributed by atoms with Crippen LogP contribution in [-0.4, -0.2) is 38.8 Å². The summed E-state index contributed by atoms with van der Waals surface area (Å²) in [6.45, 7) is 0.524. The molecule has 0 saturated heterocycles. The number of aliphatic imine (C=N–C) groups is 1. The second-order valence-corrected chi connectivity index (χ2v) is 3.67. The van der Waals surface area contributed by atoms with Gasteiger partial charge in [0.2, 0.25) is 5.90 Å². The lowest BCUT2D eigenvalue weighted by atomic mass is 10.1. The Kier molecular flexibility index (Phi) is 4.61. The third-order valence-corrected chi connectivity index (χ3v) is 2.28. The van der Waals surface area contributed by atoms with Crippen molar-refractivity contribution in [1.29, 1.82) is 0 Å². The minimum absolute atomic E-state index is 0.0790. The van der Waals surface area contributed by atoms with Gasteiger partial charge in [-0.2, -0.15) is 13.2 Å². The molecule has 16 heavy (non-hydrogen) atoms. The molecule has 3 nitrogen and oxygen atoms in total. The van der Waals surface area contributed by atoms with Crippen molar-refractivity contribution in [2.75, 3.05) is 26.7 Å². The van der Waals surface area contributed by atoms with E-state index < -0.39 is 12.1 Å². The second-order valence-electron chi connectivity index (χ2n) is 3.26. The summed E-state index contributed by atoms with van der Waals surface area (Å²) in [4.78, 5) is 3.68. The van der Waals surface area contributed by atoms with E-state index in [1.165, 1.54) is 0 Å². The van der Waals surface area contributed by atoms with Crippen LogP contribution in [0.3, 0.4) is 0 Å². The molecule has 0 bridgehead atoms. The first-order valence-electron chi connectivity index (χ1n) is 4.71. The standard InChI is InChI=1S/C9H12ClF3N2O/c1-14-2-3-16-8-7(10)4-6(5-15-8)9(11,12)13/h4,6,14H,2-3,5H2,1H3. The Balaban J connectivity index is 2.54. The summed E-state index contributed by atoms with van der Waals surface area (Å²) in [7, 11) is 1.74. The molecule has 92 valence electrons. The van der Waals surface area contributed by atoms with Gasteiger partial charge in [0.15, 0.2) is 0 Å². The van der Waals surface area contributed by atoms with E-state index in [1.54, 1.807) is 7.05 Å². The molecule has 0 aromatic heterocycles. The van der Waals surface area contributed by atoms with Gasteiger partial charge in [-0.3, -0.25) is 0 Å². The molecule has 0 radical (unpaired) electrons. The number of nitrogens with zero attached hydrogens (tertiary/aromatic N) is 1. The molecule has 7 heteroatoms.